The summed E-state index contributed by atoms with van der Waals surface area (Å²) in [7, 11) is 0. The molecule has 2 heterocycles. The Hall–Kier alpha value is -2.34. The van der Waals surface area contributed by atoms with E-state index < -0.39 is 11.5 Å². The highest BCUT2D eigenvalue weighted by Gasteiger charge is 2.25. The number of hydrogen-bond acceptors (Lipinski definition) is 5. The summed E-state index contributed by atoms with van der Waals surface area (Å²) in [6.07, 6.45) is 1.89. The Morgan fingerprint density at radius 1 is 1.46 bits per heavy atom. The molecular weight excluding hydrogens is 310 g/mol. The zero-order valence-electron chi connectivity index (χ0n) is 13.8. The molecule has 1 saturated heterocycles. The van der Waals surface area contributed by atoms with E-state index in [0.717, 1.165) is 12.8 Å². The molecule has 1 aromatic carbocycles. The molecule has 6 heteroatoms. The number of para-hydroxylation sites is 1. The van der Waals surface area contributed by atoms with Gasteiger partial charge in [-0.1, -0.05) is 12.1 Å². The van der Waals surface area contributed by atoms with Gasteiger partial charge in [0.2, 0.25) is 0 Å². The first-order valence-electron chi connectivity index (χ1n) is 8.22. The van der Waals surface area contributed by atoms with Gasteiger partial charge in [0.15, 0.2) is 11.3 Å². The van der Waals surface area contributed by atoms with Crippen LogP contribution in [0.3, 0.4) is 0 Å². The summed E-state index contributed by atoms with van der Waals surface area (Å²) >= 11 is 0. The number of carbonyl (C=O) groups excluding carboxylic acids is 1. The van der Waals surface area contributed by atoms with Crippen LogP contribution >= 0.6 is 0 Å². The topological polar surface area (TPSA) is 77.8 Å². The van der Waals surface area contributed by atoms with Crippen molar-refractivity contribution in [1.82, 2.24) is 5.32 Å². The lowest BCUT2D eigenvalue weighted by Crippen LogP contribution is -2.42. The second-order valence-corrected chi connectivity index (χ2v) is 5.87. The van der Waals surface area contributed by atoms with E-state index in [-0.39, 0.29) is 17.7 Å². The number of carbonyl (C=O) groups is 1. The first kappa shape index (κ1) is 16.5. The molecule has 1 aromatic heterocycles. The Balaban J connectivity index is 1.87. The maximum Gasteiger partial charge on any atom is 0.349 e. The lowest BCUT2D eigenvalue weighted by atomic mass is 10.1. The number of ether oxygens (including phenoxy) is 2. The smallest absolute Gasteiger partial charge is 0.349 e. The maximum atomic E-state index is 12.4. The zero-order chi connectivity index (χ0) is 17.1. The Bertz CT molecular complexity index is 792. The molecule has 1 aliphatic heterocycles. The second kappa shape index (κ2) is 7.05. The number of benzene rings is 1. The average Bonchev–Trinajstić information content (AvgIpc) is 3.09. The van der Waals surface area contributed by atoms with E-state index in [0.29, 0.717) is 29.9 Å². The van der Waals surface area contributed by atoms with Gasteiger partial charge in [0.1, 0.15) is 5.56 Å². The predicted molar refractivity (Wildman–Crippen MR) is 89.6 cm³/mol. The molecule has 1 aliphatic rings. The van der Waals surface area contributed by atoms with Crippen molar-refractivity contribution in [2.75, 3.05) is 13.2 Å². The molecule has 0 saturated carbocycles. The number of nitrogens with one attached hydrogen (secondary N) is 1. The fraction of sp³-hybridized carbons (Fsp3) is 0.444. The molecule has 128 valence electrons. The van der Waals surface area contributed by atoms with Crippen LogP contribution in [-0.2, 0) is 4.74 Å². The molecule has 1 N–H and O–H groups in total. The van der Waals surface area contributed by atoms with Crippen molar-refractivity contribution in [3.63, 3.8) is 0 Å². The number of hydrogen-bond donors (Lipinski definition) is 1. The molecule has 0 spiro atoms. The quantitative estimate of drug-likeness (QED) is 0.852. The van der Waals surface area contributed by atoms with E-state index in [9.17, 15) is 9.59 Å². The molecule has 2 atom stereocenters. The third-order valence-corrected chi connectivity index (χ3v) is 4.15. The van der Waals surface area contributed by atoms with Crippen molar-refractivity contribution in [2.24, 2.45) is 0 Å². The molecule has 1 amide bonds. The molecule has 0 aliphatic carbocycles. The van der Waals surface area contributed by atoms with Crippen LogP contribution in [0.25, 0.3) is 11.0 Å². The minimum atomic E-state index is -0.674. The van der Waals surface area contributed by atoms with E-state index in [4.69, 9.17) is 13.9 Å². The maximum absolute atomic E-state index is 12.4. The van der Waals surface area contributed by atoms with Gasteiger partial charge in [-0.2, -0.15) is 0 Å². The monoisotopic (exact) mass is 331 g/mol. The van der Waals surface area contributed by atoms with Crippen LogP contribution in [0, 0.1) is 0 Å². The summed E-state index contributed by atoms with van der Waals surface area (Å²) in [6, 6.07) is 6.69. The fourth-order valence-corrected chi connectivity index (χ4v) is 2.92. The van der Waals surface area contributed by atoms with Crippen molar-refractivity contribution in [2.45, 2.75) is 38.8 Å². The fourth-order valence-electron chi connectivity index (χ4n) is 2.92. The summed E-state index contributed by atoms with van der Waals surface area (Å²) in [5, 5.41) is 3.48. The molecule has 24 heavy (non-hydrogen) atoms. The molecule has 6 nitrogen and oxygen atoms in total. The van der Waals surface area contributed by atoms with Gasteiger partial charge in [-0.25, -0.2) is 4.79 Å². The van der Waals surface area contributed by atoms with Crippen LogP contribution in [0.4, 0.5) is 0 Å². The number of amides is 1. The SMILES string of the molecule is CCOc1cccc2cc(C(=O)NC(C)C3CCCO3)c(=O)oc12. The Morgan fingerprint density at radius 2 is 2.29 bits per heavy atom. The summed E-state index contributed by atoms with van der Waals surface area (Å²) in [4.78, 5) is 24.6. The summed E-state index contributed by atoms with van der Waals surface area (Å²) in [5.41, 5.74) is -0.333. The molecule has 3 rings (SSSR count). The van der Waals surface area contributed by atoms with Crippen LogP contribution in [0.1, 0.15) is 37.0 Å². The normalized spacial score (nSPS) is 18.5. The summed E-state index contributed by atoms with van der Waals surface area (Å²) in [6.45, 7) is 4.90. The van der Waals surface area contributed by atoms with E-state index in [2.05, 4.69) is 5.32 Å². The summed E-state index contributed by atoms with van der Waals surface area (Å²) in [5.74, 6) is 0.0437. The molecule has 0 radical (unpaired) electrons. The minimum absolute atomic E-state index is 0.00833. The largest absolute Gasteiger partial charge is 0.490 e. The van der Waals surface area contributed by atoms with Gasteiger partial charge in [0, 0.05) is 12.0 Å². The Kier molecular flexibility index (Phi) is 4.85. The lowest BCUT2D eigenvalue weighted by Gasteiger charge is -2.19. The van der Waals surface area contributed by atoms with E-state index in [1.165, 1.54) is 0 Å². The van der Waals surface area contributed by atoms with Crippen molar-refractivity contribution < 1.29 is 18.7 Å². The molecule has 1 fully saturated rings. The van der Waals surface area contributed by atoms with Crippen molar-refractivity contribution in [1.29, 1.82) is 0 Å². The molecule has 2 aromatic rings. The minimum Gasteiger partial charge on any atom is -0.490 e. The average molecular weight is 331 g/mol. The highest BCUT2D eigenvalue weighted by atomic mass is 16.5. The van der Waals surface area contributed by atoms with E-state index in [1.54, 1.807) is 24.3 Å². The van der Waals surface area contributed by atoms with Crippen molar-refractivity contribution in [3.8, 4) is 5.75 Å². The van der Waals surface area contributed by atoms with Gasteiger partial charge in [-0.15, -0.1) is 0 Å². The Morgan fingerprint density at radius 3 is 3.00 bits per heavy atom. The number of fused-ring (bicyclic) bond motifs is 1. The molecule has 2 unspecified atom stereocenters. The molecular formula is C18H21NO5. The number of rotatable bonds is 5. The van der Waals surface area contributed by atoms with Gasteiger partial charge >= 0.3 is 5.63 Å². The second-order valence-electron chi connectivity index (χ2n) is 5.87. The van der Waals surface area contributed by atoms with Gasteiger partial charge in [0.05, 0.1) is 18.8 Å². The van der Waals surface area contributed by atoms with Crippen LogP contribution in [0.15, 0.2) is 33.5 Å². The van der Waals surface area contributed by atoms with Crippen LogP contribution < -0.4 is 15.7 Å². The Labute approximate surface area is 139 Å². The zero-order valence-corrected chi connectivity index (χ0v) is 13.8. The molecule has 0 bridgehead atoms. The first-order valence-corrected chi connectivity index (χ1v) is 8.22. The highest BCUT2D eigenvalue weighted by Crippen LogP contribution is 2.25. The third-order valence-electron chi connectivity index (χ3n) is 4.15. The lowest BCUT2D eigenvalue weighted by molar-refractivity contribution is 0.0710. The predicted octanol–water partition coefficient (Wildman–Crippen LogP) is 2.49. The summed E-state index contributed by atoms with van der Waals surface area (Å²) < 4.78 is 16.4. The van der Waals surface area contributed by atoms with Crippen LogP contribution in [0.2, 0.25) is 0 Å². The first-order chi connectivity index (χ1) is 11.6. The van der Waals surface area contributed by atoms with Crippen molar-refractivity contribution >= 4 is 16.9 Å². The van der Waals surface area contributed by atoms with Crippen LogP contribution in [-0.4, -0.2) is 31.3 Å². The van der Waals surface area contributed by atoms with Gasteiger partial charge in [-0.3, -0.25) is 4.79 Å². The van der Waals surface area contributed by atoms with E-state index >= 15 is 0 Å². The van der Waals surface area contributed by atoms with Crippen molar-refractivity contribution in [3.05, 3.63) is 40.2 Å². The third kappa shape index (κ3) is 3.28. The van der Waals surface area contributed by atoms with Gasteiger partial charge in [0.25, 0.3) is 5.91 Å². The van der Waals surface area contributed by atoms with E-state index in [1.807, 2.05) is 13.8 Å². The standard InChI is InChI=1S/C18H21NO5/c1-3-22-15-7-4-6-12-10-13(18(21)24-16(12)15)17(20)19-11(2)14-8-5-9-23-14/h4,6-7,10-11,14H,3,5,8-9H2,1-2H3,(H,19,20). The van der Waals surface area contributed by atoms with Gasteiger partial charge in [-0.05, 0) is 38.8 Å². The highest BCUT2D eigenvalue weighted by molar-refractivity contribution is 5.97. The van der Waals surface area contributed by atoms with Crippen LogP contribution in [0.5, 0.6) is 5.75 Å². The van der Waals surface area contributed by atoms with Gasteiger partial charge < -0.3 is 19.2 Å².